The van der Waals surface area contributed by atoms with Gasteiger partial charge in [0.25, 0.3) is 5.95 Å². The predicted molar refractivity (Wildman–Crippen MR) is 134 cm³/mol. The number of hydrogen-bond donors (Lipinski definition) is 2. The minimum Gasteiger partial charge on any atom is -0.497 e. The van der Waals surface area contributed by atoms with Crippen molar-refractivity contribution >= 4 is 17.8 Å². The van der Waals surface area contributed by atoms with E-state index < -0.39 is 0 Å². The number of benzene rings is 3. The number of nitrogens with zero attached hydrogens (tertiary/aromatic N) is 3. The second kappa shape index (κ2) is 10.1. The molecular weight excluding hydrogens is 461 g/mol. The molecule has 0 saturated carbocycles. The molecule has 8 nitrogen and oxygen atoms in total. The highest BCUT2D eigenvalue weighted by molar-refractivity contribution is 5.90. The lowest BCUT2D eigenvalue weighted by molar-refractivity contribution is -0.115. The summed E-state index contributed by atoms with van der Waals surface area (Å²) in [6, 6.07) is 21.3. The second-order valence-corrected chi connectivity index (χ2v) is 8.55. The van der Waals surface area contributed by atoms with Gasteiger partial charge in [-0.05, 0) is 59.5 Å². The van der Waals surface area contributed by atoms with E-state index in [1.807, 2.05) is 48.5 Å². The number of amides is 1. The molecule has 0 saturated heterocycles. The van der Waals surface area contributed by atoms with Gasteiger partial charge >= 0.3 is 0 Å². The molecule has 5 rings (SSSR count). The number of ether oxygens (including phenoxy) is 2. The number of anilines is 2. The van der Waals surface area contributed by atoms with Crippen molar-refractivity contribution in [1.29, 1.82) is 0 Å². The third-order valence-electron chi connectivity index (χ3n) is 6.24. The molecule has 1 aromatic heterocycles. The monoisotopic (exact) mass is 487 g/mol. The molecule has 1 amide bonds. The summed E-state index contributed by atoms with van der Waals surface area (Å²) in [5, 5.41) is 10.8. The molecule has 36 heavy (non-hydrogen) atoms. The molecule has 0 bridgehead atoms. The summed E-state index contributed by atoms with van der Waals surface area (Å²) in [4.78, 5) is 17.2. The number of hydrogen-bond acceptors (Lipinski definition) is 6. The number of nitrogens with one attached hydrogen (secondary N) is 2. The third kappa shape index (κ3) is 5.00. The average Bonchev–Trinajstić information content (AvgIpc) is 3.31. The van der Waals surface area contributed by atoms with Gasteiger partial charge in [0.1, 0.15) is 17.3 Å². The zero-order valence-electron chi connectivity index (χ0n) is 19.9. The molecule has 0 fully saturated rings. The normalized spacial score (nSPS) is 16.5. The average molecular weight is 488 g/mol. The second-order valence-electron chi connectivity index (χ2n) is 8.55. The molecule has 9 heteroatoms. The Labute approximate surface area is 208 Å². The third-order valence-corrected chi connectivity index (χ3v) is 6.24. The topological polar surface area (TPSA) is 90.3 Å². The molecule has 2 heterocycles. The van der Waals surface area contributed by atoms with Crippen LogP contribution in [0.2, 0.25) is 0 Å². The summed E-state index contributed by atoms with van der Waals surface area (Å²) in [6.45, 7) is 0. The van der Waals surface area contributed by atoms with Crippen LogP contribution in [0.1, 0.15) is 35.2 Å². The summed E-state index contributed by atoms with van der Waals surface area (Å²) in [5.41, 5.74) is 2.81. The van der Waals surface area contributed by atoms with E-state index in [1.54, 1.807) is 31.0 Å². The van der Waals surface area contributed by atoms with Crippen LogP contribution in [-0.4, -0.2) is 34.9 Å². The maximum atomic E-state index is 13.6. The van der Waals surface area contributed by atoms with E-state index in [9.17, 15) is 9.18 Å². The standard InChI is InChI=1S/C27H26FN5O3/c1-35-21-11-3-17(4-12-21)15-25(34)30-26-31-27-29-23(18-7-13-22(36-2)14-8-18)16-24(33(27)32-26)19-5-9-20(28)10-6-19/h3-14,23-24H,15-16H2,1-2H3,(H2,29,30,31,32,34). The zero-order chi connectivity index (χ0) is 25.1. The Morgan fingerprint density at radius 1 is 0.972 bits per heavy atom. The fourth-order valence-electron chi connectivity index (χ4n) is 4.35. The molecule has 1 aliphatic rings. The van der Waals surface area contributed by atoms with Gasteiger partial charge in [-0.1, -0.05) is 36.4 Å². The van der Waals surface area contributed by atoms with Crippen molar-refractivity contribution < 1.29 is 18.7 Å². The van der Waals surface area contributed by atoms with Gasteiger partial charge in [-0.2, -0.15) is 4.98 Å². The number of carbonyl (C=O) groups excluding carboxylic acids is 1. The summed E-state index contributed by atoms with van der Waals surface area (Å²) in [6.07, 6.45) is 0.838. The van der Waals surface area contributed by atoms with Gasteiger partial charge in [0.2, 0.25) is 11.9 Å². The van der Waals surface area contributed by atoms with E-state index in [2.05, 4.69) is 20.7 Å². The zero-order valence-corrected chi connectivity index (χ0v) is 19.9. The van der Waals surface area contributed by atoms with Crippen LogP contribution in [0.15, 0.2) is 72.8 Å². The van der Waals surface area contributed by atoms with Crippen molar-refractivity contribution in [1.82, 2.24) is 14.8 Å². The van der Waals surface area contributed by atoms with Crippen molar-refractivity contribution in [2.75, 3.05) is 24.9 Å². The van der Waals surface area contributed by atoms with Crippen LogP contribution >= 0.6 is 0 Å². The van der Waals surface area contributed by atoms with E-state index in [0.717, 1.165) is 28.2 Å². The van der Waals surface area contributed by atoms with Crippen molar-refractivity contribution in [3.63, 3.8) is 0 Å². The first-order valence-electron chi connectivity index (χ1n) is 11.6. The van der Waals surface area contributed by atoms with E-state index in [-0.39, 0.29) is 36.2 Å². The summed E-state index contributed by atoms with van der Waals surface area (Å²) < 4.78 is 25.8. The van der Waals surface area contributed by atoms with Crippen LogP contribution < -0.4 is 20.1 Å². The fraction of sp³-hybridized carbons (Fsp3) is 0.222. The number of fused-ring (bicyclic) bond motifs is 1. The molecule has 0 aliphatic carbocycles. The van der Waals surface area contributed by atoms with Gasteiger partial charge in [0.15, 0.2) is 0 Å². The van der Waals surface area contributed by atoms with Crippen molar-refractivity contribution in [2.24, 2.45) is 0 Å². The highest BCUT2D eigenvalue weighted by Crippen LogP contribution is 2.38. The Hall–Kier alpha value is -4.40. The maximum absolute atomic E-state index is 13.6. The van der Waals surface area contributed by atoms with Crippen molar-refractivity contribution in [3.05, 3.63) is 95.3 Å². The Morgan fingerprint density at radius 2 is 1.58 bits per heavy atom. The highest BCUT2D eigenvalue weighted by atomic mass is 19.1. The van der Waals surface area contributed by atoms with Crippen molar-refractivity contribution in [2.45, 2.75) is 24.9 Å². The molecule has 1 aliphatic heterocycles. The lowest BCUT2D eigenvalue weighted by atomic mass is 9.93. The largest absolute Gasteiger partial charge is 0.497 e. The maximum Gasteiger partial charge on any atom is 0.250 e. The molecule has 3 aromatic carbocycles. The summed E-state index contributed by atoms with van der Waals surface area (Å²) in [7, 11) is 3.23. The number of halogens is 1. The quantitative estimate of drug-likeness (QED) is 0.391. The first-order chi connectivity index (χ1) is 17.5. The molecule has 2 atom stereocenters. The minimum absolute atomic E-state index is 0.0643. The molecule has 2 unspecified atom stereocenters. The van der Waals surface area contributed by atoms with E-state index in [4.69, 9.17) is 9.47 Å². The Bertz CT molecular complexity index is 1340. The Kier molecular flexibility index (Phi) is 6.53. The summed E-state index contributed by atoms with van der Waals surface area (Å²) in [5.74, 6) is 1.70. The SMILES string of the molecule is COc1ccc(CC(=O)Nc2nc3n(n2)C(c2ccc(F)cc2)CC(c2ccc(OC)cc2)N3)cc1. The van der Waals surface area contributed by atoms with Gasteiger partial charge in [0.05, 0.1) is 32.7 Å². The fourth-order valence-corrected chi connectivity index (χ4v) is 4.35. The van der Waals surface area contributed by atoms with Gasteiger partial charge < -0.3 is 14.8 Å². The Balaban J connectivity index is 1.39. The van der Waals surface area contributed by atoms with Crippen LogP contribution in [-0.2, 0) is 11.2 Å². The van der Waals surface area contributed by atoms with Gasteiger partial charge in [-0.3, -0.25) is 10.1 Å². The molecular formula is C27H26FN5O3. The minimum atomic E-state index is -0.301. The Morgan fingerprint density at radius 3 is 2.22 bits per heavy atom. The van der Waals surface area contributed by atoms with E-state index in [0.29, 0.717) is 12.4 Å². The molecule has 0 spiro atoms. The van der Waals surface area contributed by atoms with E-state index >= 15 is 0 Å². The predicted octanol–water partition coefficient (Wildman–Crippen LogP) is 4.76. The molecule has 184 valence electrons. The van der Waals surface area contributed by atoms with Crippen LogP contribution in [0.5, 0.6) is 11.5 Å². The number of rotatable bonds is 7. The van der Waals surface area contributed by atoms with Gasteiger partial charge in [-0.25, -0.2) is 9.07 Å². The van der Waals surface area contributed by atoms with Crippen molar-refractivity contribution in [3.8, 4) is 11.5 Å². The van der Waals surface area contributed by atoms with Crippen LogP contribution in [0.25, 0.3) is 0 Å². The van der Waals surface area contributed by atoms with Gasteiger partial charge in [-0.15, -0.1) is 5.10 Å². The molecule has 4 aromatic rings. The lowest BCUT2D eigenvalue weighted by Crippen LogP contribution is -2.28. The summed E-state index contributed by atoms with van der Waals surface area (Å²) >= 11 is 0. The first kappa shape index (κ1) is 23.3. The highest BCUT2D eigenvalue weighted by Gasteiger charge is 2.31. The molecule has 0 radical (unpaired) electrons. The number of carbonyl (C=O) groups is 1. The first-order valence-corrected chi connectivity index (χ1v) is 11.6. The lowest BCUT2D eigenvalue weighted by Gasteiger charge is -2.31. The smallest absolute Gasteiger partial charge is 0.250 e. The molecule has 2 N–H and O–H groups in total. The van der Waals surface area contributed by atoms with E-state index in [1.165, 1.54) is 12.1 Å². The number of aromatic nitrogens is 3. The van der Waals surface area contributed by atoms with Crippen LogP contribution in [0, 0.1) is 5.82 Å². The van der Waals surface area contributed by atoms with Crippen LogP contribution in [0.3, 0.4) is 0 Å². The number of methoxy groups -OCH3 is 2. The van der Waals surface area contributed by atoms with Gasteiger partial charge in [0, 0.05) is 0 Å². The van der Waals surface area contributed by atoms with Crippen LogP contribution in [0.4, 0.5) is 16.3 Å².